The SMILES string of the molecule is CC(C)(CNC(=O)CC1CCCN1)c1ccccc1F. The molecule has 0 aromatic heterocycles. The fourth-order valence-electron chi connectivity index (χ4n) is 2.65. The Kier molecular flexibility index (Phi) is 4.76. The highest BCUT2D eigenvalue weighted by molar-refractivity contribution is 5.76. The highest BCUT2D eigenvalue weighted by Crippen LogP contribution is 2.24. The van der Waals surface area contributed by atoms with Crippen molar-refractivity contribution in [2.24, 2.45) is 0 Å². The number of amides is 1. The number of halogens is 1. The van der Waals surface area contributed by atoms with Gasteiger partial charge in [0.15, 0.2) is 0 Å². The van der Waals surface area contributed by atoms with Crippen LogP contribution in [0.4, 0.5) is 4.39 Å². The molecule has 2 N–H and O–H groups in total. The molecule has 110 valence electrons. The molecule has 1 saturated heterocycles. The van der Waals surface area contributed by atoms with Crippen molar-refractivity contribution >= 4 is 5.91 Å². The third kappa shape index (κ3) is 3.79. The van der Waals surface area contributed by atoms with Gasteiger partial charge in [0.25, 0.3) is 0 Å². The summed E-state index contributed by atoms with van der Waals surface area (Å²) in [6.07, 6.45) is 2.70. The van der Waals surface area contributed by atoms with Crippen LogP contribution in [0.5, 0.6) is 0 Å². The third-order valence-electron chi connectivity index (χ3n) is 3.92. The number of hydrogen-bond acceptors (Lipinski definition) is 2. The molecule has 1 aromatic carbocycles. The zero-order chi connectivity index (χ0) is 14.6. The molecule has 1 heterocycles. The Morgan fingerprint density at radius 1 is 1.45 bits per heavy atom. The standard InChI is InChI=1S/C16H23FN2O/c1-16(2,13-7-3-4-8-14(13)17)11-19-15(20)10-12-6-5-9-18-12/h3-4,7-8,12,18H,5-6,9-11H2,1-2H3,(H,19,20). The number of carbonyl (C=O) groups excluding carboxylic acids is 1. The quantitative estimate of drug-likeness (QED) is 0.868. The fraction of sp³-hybridized carbons (Fsp3) is 0.562. The Balaban J connectivity index is 1.88. The van der Waals surface area contributed by atoms with Crippen LogP contribution in [0.3, 0.4) is 0 Å². The molecule has 0 spiro atoms. The maximum absolute atomic E-state index is 13.8. The van der Waals surface area contributed by atoms with E-state index in [2.05, 4.69) is 10.6 Å². The van der Waals surface area contributed by atoms with Crippen LogP contribution in [0.15, 0.2) is 24.3 Å². The van der Waals surface area contributed by atoms with Crippen LogP contribution in [0.25, 0.3) is 0 Å². The lowest BCUT2D eigenvalue weighted by Crippen LogP contribution is -2.39. The number of rotatable bonds is 5. The van der Waals surface area contributed by atoms with Crippen molar-refractivity contribution in [3.8, 4) is 0 Å². The fourth-order valence-corrected chi connectivity index (χ4v) is 2.65. The third-order valence-corrected chi connectivity index (χ3v) is 3.92. The van der Waals surface area contributed by atoms with Gasteiger partial charge in [0.05, 0.1) is 0 Å². The predicted molar refractivity (Wildman–Crippen MR) is 78.1 cm³/mol. The summed E-state index contributed by atoms with van der Waals surface area (Å²) in [4.78, 5) is 11.9. The monoisotopic (exact) mass is 278 g/mol. The molecule has 3 nitrogen and oxygen atoms in total. The van der Waals surface area contributed by atoms with Gasteiger partial charge in [-0.3, -0.25) is 4.79 Å². The van der Waals surface area contributed by atoms with Gasteiger partial charge in [-0.25, -0.2) is 4.39 Å². The van der Waals surface area contributed by atoms with E-state index >= 15 is 0 Å². The molecule has 1 aromatic rings. The highest BCUT2D eigenvalue weighted by Gasteiger charge is 2.25. The summed E-state index contributed by atoms with van der Waals surface area (Å²) in [5.41, 5.74) is 0.226. The van der Waals surface area contributed by atoms with E-state index in [0.717, 1.165) is 19.4 Å². The highest BCUT2D eigenvalue weighted by atomic mass is 19.1. The molecule has 20 heavy (non-hydrogen) atoms. The first-order valence-electron chi connectivity index (χ1n) is 7.24. The lowest BCUT2D eigenvalue weighted by molar-refractivity contribution is -0.121. The maximum Gasteiger partial charge on any atom is 0.221 e. The Labute approximate surface area is 120 Å². The van der Waals surface area contributed by atoms with Gasteiger partial charge in [0, 0.05) is 24.4 Å². The first-order chi connectivity index (χ1) is 9.49. The number of benzene rings is 1. The Hall–Kier alpha value is -1.42. The van der Waals surface area contributed by atoms with Crippen molar-refractivity contribution in [2.75, 3.05) is 13.1 Å². The first kappa shape index (κ1) is 15.0. The first-order valence-corrected chi connectivity index (χ1v) is 7.24. The largest absolute Gasteiger partial charge is 0.355 e. The Morgan fingerprint density at radius 2 is 2.20 bits per heavy atom. The average Bonchev–Trinajstić information content (AvgIpc) is 2.90. The van der Waals surface area contributed by atoms with Crippen LogP contribution in [-0.2, 0) is 10.2 Å². The molecule has 0 aliphatic carbocycles. The van der Waals surface area contributed by atoms with Crippen molar-refractivity contribution in [3.63, 3.8) is 0 Å². The van der Waals surface area contributed by atoms with Crippen LogP contribution >= 0.6 is 0 Å². The van der Waals surface area contributed by atoms with Gasteiger partial charge in [-0.2, -0.15) is 0 Å². The number of hydrogen-bond donors (Lipinski definition) is 2. The summed E-state index contributed by atoms with van der Waals surface area (Å²) in [6, 6.07) is 7.04. The van der Waals surface area contributed by atoms with Crippen molar-refractivity contribution in [3.05, 3.63) is 35.6 Å². The van der Waals surface area contributed by atoms with Gasteiger partial charge in [0.1, 0.15) is 5.82 Å². The summed E-state index contributed by atoms with van der Waals surface area (Å²) in [6.45, 7) is 5.33. The smallest absolute Gasteiger partial charge is 0.221 e. The molecule has 1 aliphatic heterocycles. The van der Waals surface area contributed by atoms with E-state index in [4.69, 9.17) is 0 Å². The van der Waals surface area contributed by atoms with Crippen LogP contribution < -0.4 is 10.6 Å². The predicted octanol–water partition coefficient (Wildman–Crippen LogP) is 2.36. The molecule has 0 radical (unpaired) electrons. The topological polar surface area (TPSA) is 41.1 Å². The summed E-state index contributed by atoms with van der Waals surface area (Å²) < 4.78 is 13.8. The second kappa shape index (κ2) is 6.35. The van der Waals surface area contributed by atoms with Crippen LogP contribution in [0.1, 0.15) is 38.7 Å². The van der Waals surface area contributed by atoms with E-state index in [1.165, 1.54) is 6.07 Å². The number of carbonyl (C=O) groups is 1. The summed E-state index contributed by atoms with van der Waals surface area (Å²) in [5.74, 6) is -0.182. The Bertz CT molecular complexity index is 467. The zero-order valence-corrected chi connectivity index (χ0v) is 12.2. The average molecular weight is 278 g/mol. The van der Waals surface area contributed by atoms with E-state index in [9.17, 15) is 9.18 Å². The second-order valence-corrected chi connectivity index (χ2v) is 6.14. The van der Waals surface area contributed by atoms with E-state index < -0.39 is 5.41 Å². The van der Waals surface area contributed by atoms with Crippen LogP contribution in [-0.4, -0.2) is 25.0 Å². The zero-order valence-electron chi connectivity index (χ0n) is 12.2. The van der Waals surface area contributed by atoms with Crippen molar-refractivity contribution in [1.82, 2.24) is 10.6 Å². The normalized spacial score (nSPS) is 19.1. The second-order valence-electron chi connectivity index (χ2n) is 6.14. The summed E-state index contributed by atoms with van der Waals surface area (Å²) >= 11 is 0. The maximum atomic E-state index is 13.8. The van der Waals surface area contributed by atoms with Crippen LogP contribution in [0.2, 0.25) is 0 Å². The van der Waals surface area contributed by atoms with Crippen LogP contribution in [0, 0.1) is 5.82 Å². The molecule has 1 fully saturated rings. The van der Waals surface area contributed by atoms with Gasteiger partial charge in [0.2, 0.25) is 5.91 Å². The molecule has 1 unspecified atom stereocenters. The summed E-state index contributed by atoms with van der Waals surface area (Å²) in [7, 11) is 0. The molecule has 2 rings (SSSR count). The molecule has 4 heteroatoms. The van der Waals surface area contributed by atoms with Crippen molar-refractivity contribution < 1.29 is 9.18 Å². The van der Waals surface area contributed by atoms with Gasteiger partial charge in [-0.1, -0.05) is 32.0 Å². The van der Waals surface area contributed by atoms with E-state index in [-0.39, 0.29) is 11.7 Å². The molecular formula is C16H23FN2O. The molecule has 1 atom stereocenters. The minimum atomic E-state index is -0.413. The minimum Gasteiger partial charge on any atom is -0.355 e. The molecule has 1 amide bonds. The van der Waals surface area contributed by atoms with Crippen molar-refractivity contribution in [2.45, 2.75) is 44.6 Å². The van der Waals surface area contributed by atoms with E-state index in [0.29, 0.717) is 24.6 Å². The minimum absolute atomic E-state index is 0.0359. The molecular weight excluding hydrogens is 255 g/mol. The molecule has 1 aliphatic rings. The molecule has 0 bridgehead atoms. The summed E-state index contributed by atoms with van der Waals surface area (Å²) in [5, 5.41) is 6.23. The van der Waals surface area contributed by atoms with Gasteiger partial charge >= 0.3 is 0 Å². The van der Waals surface area contributed by atoms with E-state index in [1.54, 1.807) is 12.1 Å². The Morgan fingerprint density at radius 3 is 2.85 bits per heavy atom. The number of nitrogens with one attached hydrogen (secondary N) is 2. The van der Waals surface area contributed by atoms with Gasteiger partial charge < -0.3 is 10.6 Å². The van der Waals surface area contributed by atoms with Gasteiger partial charge in [-0.15, -0.1) is 0 Å². The van der Waals surface area contributed by atoms with E-state index in [1.807, 2.05) is 19.9 Å². The lowest BCUT2D eigenvalue weighted by Gasteiger charge is -2.26. The van der Waals surface area contributed by atoms with Gasteiger partial charge in [-0.05, 0) is 31.0 Å². The lowest BCUT2D eigenvalue weighted by atomic mass is 9.84. The molecule has 0 saturated carbocycles. The van der Waals surface area contributed by atoms with Crippen molar-refractivity contribution in [1.29, 1.82) is 0 Å².